The van der Waals surface area contributed by atoms with Gasteiger partial charge in [0.2, 0.25) is 5.78 Å². The molecule has 29 heavy (non-hydrogen) atoms. The monoisotopic (exact) mass is 494 g/mol. The summed E-state index contributed by atoms with van der Waals surface area (Å²) in [7, 11) is 0.124. The molecule has 0 spiro atoms. The number of hydrogen-bond donors (Lipinski definition) is 0. The molecule has 0 saturated heterocycles. The van der Waals surface area contributed by atoms with Crippen LogP contribution in [0.4, 0.5) is 0 Å². The number of halogens is 1. The van der Waals surface area contributed by atoms with E-state index in [1.54, 1.807) is 6.20 Å². The number of carbonyl (C=O) groups is 2. The minimum Gasteiger partial charge on any atom is -0.464 e. The third kappa shape index (κ3) is 5.03. The van der Waals surface area contributed by atoms with Crippen molar-refractivity contribution in [2.24, 2.45) is 0 Å². The van der Waals surface area contributed by atoms with Crippen molar-refractivity contribution in [3.05, 3.63) is 50.5 Å². The van der Waals surface area contributed by atoms with Crippen LogP contribution in [0.15, 0.2) is 34.2 Å². The van der Waals surface area contributed by atoms with Crippen molar-refractivity contribution < 1.29 is 19.1 Å². The normalized spacial score (nSPS) is 11.8. The lowest BCUT2D eigenvalue weighted by molar-refractivity contribution is 0.0594. The van der Waals surface area contributed by atoms with E-state index in [1.807, 2.05) is 28.8 Å². The van der Waals surface area contributed by atoms with Gasteiger partial charge in [0.1, 0.15) is 10.5 Å². The molecule has 0 saturated carbocycles. The van der Waals surface area contributed by atoms with Gasteiger partial charge in [0.25, 0.3) is 0 Å². The SMILES string of the molecule is COC(=O)c1nc(C(=O)c2cn(COCC[Si](C)(C)C)c3ccccc23)sc1Br. The number of aromatic nitrogens is 2. The number of carbonyl (C=O) groups excluding carboxylic acids is 2. The number of benzene rings is 1. The number of esters is 1. The number of ether oxygens (including phenoxy) is 2. The molecular formula is C20H23BrN2O4SSi. The zero-order chi connectivity index (χ0) is 21.2. The summed E-state index contributed by atoms with van der Waals surface area (Å²) in [6, 6.07) is 8.79. The molecule has 9 heteroatoms. The summed E-state index contributed by atoms with van der Waals surface area (Å²) in [6.07, 6.45) is 1.80. The fourth-order valence-electron chi connectivity index (χ4n) is 2.81. The number of para-hydroxylation sites is 1. The van der Waals surface area contributed by atoms with Gasteiger partial charge >= 0.3 is 5.97 Å². The molecular weight excluding hydrogens is 472 g/mol. The Morgan fingerprint density at radius 3 is 2.66 bits per heavy atom. The number of rotatable bonds is 8. The van der Waals surface area contributed by atoms with E-state index in [0.717, 1.165) is 28.3 Å². The van der Waals surface area contributed by atoms with E-state index in [-0.39, 0.29) is 16.5 Å². The molecule has 0 fully saturated rings. The molecule has 3 aromatic rings. The molecule has 6 nitrogen and oxygen atoms in total. The average molecular weight is 495 g/mol. The summed E-state index contributed by atoms with van der Waals surface area (Å²) in [4.78, 5) is 29.1. The van der Waals surface area contributed by atoms with Crippen LogP contribution in [0.3, 0.4) is 0 Å². The van der Waals surface area contributed by atoms with Crippen LogP contribution in [0.1, 0.15) is 25.9 Å². The molecule has 0 amide bonds. The zero-order valence-electron chi connectivity index (χ0n) is 16.8. The molecule has 0 unspecified atom stereocenters. The van der Waals surface area contributed by atoms with E-state index >= 15 is 0 Å². The first-order chi connectivity index (χ1) is 13.7. The van der Waals surface area contributed by atoms with E-state index in [1.165, 1.54) is 7.11 Å². The second-order valence-electron chi connectivity index (χ2n) is 7.84. The Balaban J connectivity index is 1.88. The van der Waals surface area contributed by atoms with Gasteiger partial charge in [0.15, 0.2) is 10.7 Å². The molecule has 0 aliphatic rings. The van der Waals surface area contributed by atoms with Gasteiger partial charge in [-0.3, -0.25) is 4.79 Å². The van der Waals surface area contributed by atoms with E-state index in [4.69, 9.17) is 9.47 Å². The van der Waals surface area contributed by atoms with E-state index in [2.05, 4.69) is 40.6 Å². The first-order valence-corrected chi connectivity index (χ1v) is 14.5. The Morgan fingerprint density at radius 1 is 1.24 bits per heavy atom. The van der Waals surface area contributed by atoms with E-state index in [9.17, 15) is 9.59 Å². The highest BCUT2D eigenvalue weighted by Gasteiger charge is 2.24. The quantitative estimate of drug-likeness (QED) is 0.186. The molecule has 0 radical (unpaired) electrons. The van der Waals surface area contributed by atoms with E-state index in [0.29, 0.717) is 22.7 Å². The highest BCUT2D eigenvalue weighted by molar-refractivity contribution is 9.11. The number of thiazole rings is 1. The van der Waals surface area contributed by atoms with Crippen molar-refractivity contribution in [3.63, 3.8) is 0 Å². The van der Waals surface area contributed by atoms with Gasteiger partial charge in [-0.25, -0.2) is 9.78 Å². The van der Waals surface area contributed by atoms with Gasteiger partial charge in [0.05, 0.1) is 18.2 Å². The van der Waals surface area contributed by atoms with Crippen molar-refractivity contribution in [3.8, 4) is 0 Å². The fraction of sp³-hybridized carbons (Fsp3) is 0.350. The van der Waals surface area contributed by atoms with Crippen LogP contribution in [0.2, 0.25) is 25.7 Å². The molecule has 154 valence electrons. The molecule has 1 aromatic carbocycles. The number of ketones is 1. The zero-order valence-corrected chi connectivity index (χ0v) is 20.2. The lowest BCUT2D eigenvalue weighted by atomic mass is 10.1. The first kappa shape index (κ1) is 21.9. The molecule has 0 N–H and O–H groups in total. The average Bonchev–Trinajstić information content (AvgIpc) is 3.24. The Morgan fingerprint density at radius 2 is 1.97 bits per heavy atom. The Labute approximate surface area is 183 Å². The van der Waals surface area contributed by atoms with Gasteiger partial charge in [-0.1, -0.05) is 37.8 Å². The van der Waals surface area contributed by atoms with Crippen LogP contribution < -0.4 is 0 Å². The second kappa shape index (κ2) is 8.91. The standard InChI is InChI=1S/C20H23BrN2O4SSi/c1-26-20(25)16-18(21)28-19(22-16)17(24)14-11-23(12-27-9-10-29(2,3)4)15-8-6-5-7-13(14)15/h5-8,11H,9-10,12H2,1-4H3. The fourth-order valence-corrected chi connectivity index (χ4v) is 5.01. The highest BCUT2D eigenvalue weighted by Crippen LogP contribution is 2.30. The van der Waals surface area contributed by atoms with Crippen LogP contribution >= 0.6 is 27.3 Å². The Hall–Kier alpha value is -1.81. The van der Waals surface area contributed by atoms with Gasteiger partial charge in [0, 0.05) is 26.3 Å². The molecule has 2 aromatic heterocycles. The highest BCUT2D eigenvalue weighted by atomic mass is 79.9. The summed E-state index contributed by atoms with van der Waals surface area (Å²) < 4.78 is 13.0. The van der Waals surface area contributed by atoms with E-state index < -0.39 is 14.0 Å². The maximum Gasteiger partial charge on any atom is 0.358 e. The van der Waals surface area contributed by atoms with Crippen LogP contribution in [-0.4, -0.2) is 43.1 Å². The van der Waals surface area contributed by atoms with Crippen LogP contribution in [0.5, 0.6) is 0 Å². The van der Waals surface area contributed by atoms with Gasteiger partial charge in [-0.2, -0.15) is 0 Å². The topological polar surface area (TPSA) is 70.4 Å². The Kier molecular flexibility index (Phi) is 6.72. The minimum absolute atomic E-state index is 0.110. The van der Waals surface area contributed by atoms with Crippen molar-refractivity contribution in [2.45, 2.75) is 32.4 Å². The second-order valence-corrected chi connectivity index (χ2v) is 15.8. The molecule has 0 bridgehead atoms. The number of methoxy groups -OCH3 is 1. The first-order valence-electron chi connectivity index (χ1n) is 9.16. The maximum atomic E-state index is 13.1. The minimum atomic E-state index is -1.16. The van der Waals surface area contributed by atoms with Crippen LogP contribution in [0.25, 0.3) is 10.9 Å². The van der Waals surface area contributed by atoms with Gasteiger partial charge in [-0.05, 0) is 28.0 Å². The molecule has 3 rings (SSSR count). The number of hydrogen-bond acceptors (Lipinski definition) is 6. The van der Waals surface area contributed by atoms with Crippen molar-refractivity contribution in [2.75, 3.05) is 13.7 Å². The van der Waals surface area contributed by atoms with Crippen molar-refractivity contribution in [1.82, 2.24) is 9.55 Å². The third-order valence-corrected chi connectivity index (χ3v) is 7.83. The van der Waals surface area contributed by atoms with Crippen molar-refractivity contribution in [1.29, 1.82) is 0 Å². The summed E-state index contributed by atoms with van der Waals surface area (Å²) in [6.45, 7) is 8.02. The smallest absolute Gasteiger partial charge is 0.358 e. The predicted octanol–water partition coefficient (Wildman–Crippen LogP) is 5.19. The predicted molar refractivity (Wildman–Crippen MR) is 121 cm³/mol. The number of nitrogens with zero attached hydrogens (tertiary/aromatic N) is 2. The molecule has 0 aliphatic heterocycles. The van der Waals surface area contributed by atoms with Crippen molar-refractivity contribution >= 4 is 58.0 Å². The largest absolute Gasteiger partial charge is 0.464 e. The summed E-state index contributed by atoms with van der Waals surface area (Å²) >= 11 is 4.42. The lowest BCUT2D eigenvalue weighted by Gasteiger charge is -2.15. The molecule has 0 aliphatic carbocycles. The summed E-state index contributed by atoms with van der Waals surface area (Å²) in [5, 5.41) is 1.07. The number of fused-ring (bicyclic) bond motifs is 1. The van der Waals surface area contributed by atoms with Gasteiger partial charge < -0.3 is 14.0 Å². The molecule has 2 heterocycles. The third-order valence-electron chi connectivity index (χ3n) is 4.42. The maximum absolute atomic E-state index is 13.1. The van der Waals surface area contributed by atoms with Gasteiger partial charge in [-0.15, -0.1) is 11.3 Å². The molecule has 0 atom stereocenters. The summed E-state index contributed by atoms with van der Waals surface area (Å²) in [5.41, 5.74) is 1.57. The lowest BCUT2D eigenvalue weighted by Crippen LogP contribution is -2.21. The Bertz CT molecular complexity index is 1050. The van der Waals surface area contributed by atoms with Crippen LogP contribution in [0, 0.1) is 0 Å². The summed E-state index contributed by atoms with van der Waals surface area (Å²) in [5.74, 6) is -0.812. The van der Waals surface area contributed by atoms with Crippen LogP contribution in [-0.2, 0) is 16.2 Å².